The highest BCUT2D eigenvalue weighted by Gasteiger charge is 2.14. The van der Waals surface area contributed by atoms with Crippen LogP contribution in [-0.2, 0) is 19.1 Å². The maximum Gasteiger partial charge on any atom is 0.307 e. The third-order valence-corrected chi connectivity index (χ3v) is 3.39. The van der Waals surface area contributed by atoms with Crippen LogP contribution in [0.4, 0.5) is 0 Å². The van der Waals surface area contributed by atoms with Gasteiger partial charge in [-0.3, -0.25) is 14.5 Å². The summed E-state index contributed by atoms with van der Waals surface area (Å²) in [6, 6.07) is 0. The zero-order valence-corrected chi connectivity index (χ0v) is 16.4. The van der Waals surface area contributed by atoms with Crippen LogP contribution in [0.3, 0.4) is 0 Å². The first-order valence-electron chi connectivity index (χ1n) is 8.71. The largest absolute Gasteiger partial charge is 0.464 e. The van der Waals surface area contributed by atoms with Crippen LogP contribution < -0.4 is 0 Å². The van der Waals surface area contributed by atoms with Crippen molar-refractivity contribution >= 4 is 11.9 Å². The van der Waals surface area contributed by atoms with Crippen molar-refractivity contribution in [3.05, 3.63) is 0 Å². The molecule has 0 radical (unpaired) electrons. The molecule has 0 saturated carbocycles. The Labute approximate surface area is 151 Å². The molecule has 8 heteroatoms. The summed E-state index contributed by atoms with van der Waals surface area (Å²) in [5.41, 5.74) is 0. The lowest BCUT2D eigenvalue weighted by Gasteiger charge is -2.23. The number of rotatable bonds is 14. The number of likely N-dealkylation sites (N-methyl/N-ethyl adjacent to an activating group) is 2. The minimum atomic E-state index is -0.533. The van der Waals surface area contributed by atoms with Crippen LogP contribution in [0.2, 0.25) is 0 Å². The Morgan fingerprint density at radius 2 is 1.24 bits per heavy atom. The highest BCUT2D eigenvalue weighted by atomic mass is 16.5. The molecule has 0 aliphatic heterocycles. The fourth-order valence-corrected chi connectivity index (χ4v) is 2.00. The summed E-state index contributed by atoms with van der Waals surface area (Å²) in [5.74, 6) is -0.544. The molecule has 0 aliphatic carbocycles. The second-order valence-corrected chi connectivity index (χ2v) is 6.70. The molecule has 8 nitrogen and oxygen atoms in total. The van der Waals surface area contributed by atoms with Gasteiger partial charge in [0.05, 0.1) is 18.9 Å². The lowest BCUT2D eigenvalue weighted by atomic mass is 10.3. The van der Waals surface area contributed by atoms with Crippen molar-refractivity contribution in [2.24, 2.45) is 0 Å². The van der Waals surface area contributed by atoms with Crippen molar-refractivity contribution in [1.82, 2.24) is 14.7 Å². The SMILES string of the molecule is CC(O)CN(CCC(=O)OCCN(C)C)CCC(=O)OCCN(C)C. The van der Waals surface area contributed by atoms with Gasteiger partial charge in [0, 0.05) is 32.7 Å². The van der Waals surface area contributed by atoms with Crippen molar-refractivity contribution in [2.75, 3.05) is 74.1 Å². The van der Waals surface area contributed by atoms with E-state index in [2.05, 4.69) is 0 Å². The number of esters is 2. The molecule has 1 N–H and O–H groups in total. The van der Waals surface area contributed by atoms with Gasteiger partial charge in [-0.15, -0.1) is 0 Å². The van der Waals surface area contributed by atoms with E-state index in [1.807, 2.05) is 42.9 Å². The van der Waals surface area contributed by atoms with E-state index in [1.54, 1.807) is 6.92 Å². The number of carbonyl (C=O) groups is 2. The maximum atomic E-state index is 11.7. The van der Waals surface area contributed by atoms with Gasteiger partial charge in [0.25, 0.3) is 0 Å². The Kier molecular flexibility index (Phi) is 13.3. The van der Waals surface area contributed by atoms with E-state index in [-0.39, 0.29) is 24.8 Å². The average molecular weight is 361 g/mol. The summed E-state index contributed by atoms with van der Waals surface area (Å²) < 4.78 is 10.3. The predicted molar refractivity (Wildman–Crippen MR) is 96.4 cm³/mol. The fourth-order valence-electron chi connectivity index (χ4n) is 2.00. The van der Waals surface area contributed by atoms with Crippen LogP contribution in [-0.4, -0.2) is 112 Å². The molecule has 0 aromatic heterocycles. The highest BCUT2D eigenvalue weighted by Crippen LogP contribution is 2.00. The molecule has 1 atom stereocenters. The summed E-state index contributed by atoms with van der Waals surface area (Å²) in [6.07, 6.45) is -0.0689. The van der Waals surface area contributed by atoms with Gasteiger partial charge in [-0.1, -0.05) is 0 Å². The van der Waals surface area contributed by atoms with Crippen molar-refractivity contribution in [1.29, 1.82) is 0 Å². The van der Waals surface area contributed by atoms with Gasteiger partial charge in [-0.25, -0.2) is 0 Å². The molecule has 0 heterocycles. The number of hydrogen-bond donors (Lipinski definition) is 1. The second kappa shape index (κ2) is 14.0. The van der Waals surface area contributed by atoms with E-state index in [0.717, 1.165) is 0 Å². The molecule has 0 saturated heterocycles. The first kappa shape index (κ1) is 23.8. The van der Waals surface area contributed by atoms with E-state index >= 15 is 0 Å². The van der Waals surface area contributed by atoms with Gasteiger partial charge in [-0.2, -0.15) is 0 Å². The quantitative estimate of drug-likeness (QED) is 0.421. The van der Waals surface area contributed by atoms with Gasteiger partial charge in [0.15, 0.2) is 0 Å². The van der Waals surface area contributed by atoms with Crippen molar-refractivity contribution in [3.63, 3.8) is 0 Å². The number of aliphatic hydroxyl groups excluding tert-OH is 1. The van der Waals surface area contributed by atoms with Gasteiger partial charge >= 0.3 is 11.9 Å². The van der Waals surface area contributed by atoms with Gasteiger partial charge < -0.3 is 24.4 Å². The lowest BCUT2D eigenvalue weighted by Crippen LogP contribution is -2.35. The molecule has 0 bridgehead atoms. The first-order chi connectivity index (χ1) is 11.7. The Hall–Kier alpha value is -1.22. The molecule has 0 aliphatic rings. The second-order valence-electron chi connectivity index (χ2n) is 6.70. The minimum Gasteiger partial charge on any atom is -0.464 e. The Morgan fingerprint density at radius 3 is 1.56 bits per heavy atom. The Morgan fingerprint density at radius 1 is 0.840 bits per heavy atom. The normalized spacial score (nSPS) is 12.7. The van der Waals surface area contributed by atoms with E-state index < -0.39 is 6.10 Å². The highest BCUT2D eigenvalue weighted by molar-refractivity contribution is 5.70. The number of hydrogen-bond acceptors (Lipinski definition) is 8. The molecule has 148 valence electrons. The van der Waals surface area contributed by atoms with Crippen LogP contribution >= 0.6 is 0 Å². The molecule has 0 spiro atoms. The van der Waals surface area contributed by atoms with Crippen LogP contribution in [0, 0.1) is 0 Å². The number of carbonyl (C=O) groups excluding carboxylic acids is 2. The van der Waals surface area contributed by atoms with Crippen molar-refractivity contribution < 1.29 is 24.2 Å². The molecule has 0 rings (SSSR count). The van der Waals surface area contributed by atoms with E-state index in [9.17, 15) is 14.7 Å². The molecular weight excluding hydrogens is 326 g/mol. The van der Waals surface area contributed by atoms with Crippen LogP contribution in [0.5, 0.6) is 0 Å². The topological polar surface area (TPSA) is 82.5 Å². The third-order valence-electron chi connectivity index (χ3n) is 3.39. The van der Waals surface area contributed by atoms with E-state index in [4.69, 9.17) is 9.47 Å². The fraction of sp³-hybridized carbons (Fsp3) is 0.882. The van der Waals surface area contributed by atoms with Crippen LogP contribution in [0.1, 0.15) is 19.8 Å². The molecular formula is C17H35N3O5. The van der Waals surface area contributed by atoms with Crippen molar-refractivity contribution in [2.45, 2.75) is 25.9 Å². The van der Waals surface area contributed by atoms with Crippen molar-refractivity contribution in [3.8, 4) is 0 Å². The molecule has 1 unspecified atom stereocenters. The summed E-state index contributed by atoms with van der Waals surface area (Å²) >= 11 is 0. The standard InChI is InChI=1S/C17H35N3O5/c1-15(21)14-20(8-6-16(22)24-12-10-18(2)3)9-7-17(23)25-13-11-19(4)5/h15,21H,6-14H2,1-5H3. The predicted octanol–water partition coefficient (Wildman–Crippen LogP) is -0.341. The monoisotopic (exact) mass is 361 g/mol. The summed E-state index contributed by atoms with van der Waals surface area (Å²) in [7, 11) is 7.65. The number of ether oxygens (including phenoxy) is 2. The molecule has 0 aromatic carbocycles. The maximum absolute atomic E-state index is 11.7. The minimum absolute atomic E-state index is 0.232. The summed E-state index contributed by atoms with van der Waals surface area (Å²) in [6.45, 7) is 5.05. The molecule has 0 fully saturated rings. The van der Waals surface area contributed by atoms with E-state index in [1.165, 1.54) is 0 Å². The average Bonchev–Trinajstić information content (AvgIpc) is 2.48. The lowest BCUT2D eigenvalue weighted by molar-refractivity contribution is -0.144. The molecule has 0 aromatic rings. The Bertz CT molecular complexity index is 345. The van der Waals surface area contributed by atoms with Crippen LogP contribution in [0.25, 0.3) is 0 Å². The number of nitrogens with zero attached hydrogens (tertiary/aromatic N) is 3. The van der Waals surface area contributed by atoms with Gasteiger partial charge in [-0.05, 0) is 35.1 Å². The van der Waals surface area contributed by atoms with Gasteiger partial charge in [0.2, 0.25) is 0 Å². The summed E-state index contributed by atoms with van der Waals surface area (Å²) in [4.78, 5) is 29.2. The molecule has 25 heavy (non-hydrogen) atoms. The summed E-state index contributed by atoms with van der Waals surface area (Å²) in [5, 5.41) is 9.57. The first-order valence-corrected chi connectivity index (χ1v) is 8.71. The van der Waals surface area contributed by atoms with E-state index in [0.29, 0.717) is 45.9 Å². The zero-order valence-electron chi connectivity index (χ0n) is 16.4. The smallest absolute Gasteiger partial charge is 0.307 e. The third kappa shape index (κ3) is 16.0. The molecule has 0 amide bonds. The Balaban J connectivity index is 4.10. The van der Waals surface area contributed by atoms with Gasteiger partial charge in [0.1, 0.15) is 13.2 Å². The number of aliphatic hydroxyl groups is 1. The van der Waals surface area contributed by atoms with Crippen LogP contribution in [0.15, 0.2) is 0 Å². The zero-order chi connectivity index (χ0) is 19.2.